The van der Waals surface area contributed by atoms with Gasteiger partial charge in [-0.1, -0.05) is 24.3 Å². The molecule has 7 heterocycles. The fraction of sp³-hybridized carbons (Fsp3) is 0.302. The minimum atomic E-state index is -1.07. The van der Waals surface area contributed by atoms with Crippen LogP contribution in [0.4, 0.5) is 18.9 Å². The van der Waals surface area contributed by atoms with Gasteiger partial charge in [-0.25, -0.2) is 18.2 Å². The van der Waals surface area contributed by atoms with Crippen LogP contribution in [-0.4, -0.2) is 74.2 Å². The van der Waals surface area contributed by atoms with Crippen LogP contribution in [0.25, 0.3) is 16.1 Å². The second kappa shape index (κ2) is 17.4. The molecule has 0 aliphatic carbocycles. The Morgan fingerprint density at radius 1 is 0.913 bits per heavy atom. The van der Waals surface area contributed by atoms with Gasteiger partial charge < -0.3 is 28.8 Å². The number of piperidine rings is 1. The maximum absolute atomic E-state index is 15.3. The van der Waals surface area contributed by atoms with Crippen LogP contribution in [0, 0.1) is 43.6 Å². The molecule has 7 aromatic rings. The number of benzene rings is 4. The molecular weight excluding hydrogens is 904 g/mol. The second-order valence-corrected chi connectivity index (χ2v) is 19.7. The molecule has 1 spiro atoms. The number of nitrogens with zero attached hydrogens (tertiary/aromatic N) is 7. The van der Waals surface area contributed by atoms with Crippen LogP contribution in [0.15, 0.2) is 101 Å². The molecule has 12 nitrogen and oxygen atoms in total. The van der Waals surface area contributed by atoms with Gasteiger partial charge in [0.05, 0.1) is 23.9 Å². The minimum absolute atomic E-state index is 0.0412. The summed E-state index contributed by atoms with van der Waals surface area (Å²) in [5, 5.41) is 20.3. The lowest BCUT2D eigenvalue weighted by Crippen LogP contribution is -2.48. The molecule has 4 aliphatic rings. The number of fused-ring (bicyclic) bond motifs is 4. The molecule has 0 bridgehead atoms. The van der Waals surface area contributed by atoms with Crippen molar-refractivity contribution < 1.29 is 37.0 Å². The molecule has 4 aliphatic heterocycles. The van der Waals surface area contributed by atoms with Gasteiger partial charge in [0.15, 0.2) is 18.3 Å². The fourth-order valence-electron chi connectivity index (χ4n) is 10.6. The number of allylic oxidation sites excluding steroid dienone is 1. The number of oxazole rings is 1. The van der Waals surface area contributed by atoms with E-state index in [0.717, 1.165) is 71.5 Å². The summed E-state index contributed by atoms with van der Waals surface area (Å²) in [6.45, 7) is 10.8. The van der Waals surface area contributed by atoms with Crippen molar-refractivity contribution in [2.45, 2.75) is 65.5 Å². The van der Waals surface area contributed by atoms with Crippen molar-refractivity contribution in [1.29, 1.82) is 0 Å². The Morgan fingerprint density at radius 3 is 2.45 bits per heavy atom. The molecule has 2 saturated heterocycles. The summed E-state index contributed by atoms with van der Waals surface area (Å²) in [6, 6.07) is 20.9. The van der Waals surface area contributed by atoms with E-state index in [9.17, 15) is 14.3 Å². The van der Waals surface area contributed by atoms with Crippen LogP contribution in [0.2, 0.25) is 0 Å². The maximum Gasteiger partial charge on any atom is 0.260 e. The molecule has 0 radical (unpaired) electrons. The lowest BCUT2D eigenvalue weighted by atomic mass is 9.79. The normalized spacial score (nSPS) is 19.8. The van der Waals surface area contributed by atoms with E-state index in [0.29, 0.717) is 65.7 Å². The van der Waals surface area contributed by atoms with Crippen molar-refractivity contribution in [2.24, 2.45) is 10.4 Å². The number of aliphatic imine (C=N–C) groups is 1. The number of anilines is 1. The molecule has 3 atom stereocenters. The molecule has 16 heteroatoms. The first-order valence-corrected chi connectivity index (χ1v) is 23.9. The average molecular weight is 952 g/mol. The zero-order chi connectivity index (χ0) is 47.7. The largest absolute Gasteiger partial charge is 0.508 e. The Bertz CT molecular complexity index is 3180. The number of hydrogen-bond acceptors (Lipinski definition) is 11. The number of aromatic nitrogens is 4. The van der Waals surface area contributed by atoms with E-state index in [2.05, 4.69) is 62.8 Å². The monoisotopic (exact) mass is 951 g/mol. The van der Waals surface area contributed by atoms with Gasteiger partial charge in [-0.3, -0.25) is 14.4 Å². The lowest BCUT2D eigenvalue weighted by Gasteiger charge is -2.40. The number of phenols is 1. The molecule has 4 aromatic carbocycles. The highest BCUT2D eigenvalue weighted by atomic mass is 32.1. The Hall–Kier alpha value is -7.20. The first kappa shape index (κ1) is 44.3. The van der Waals surface area contributed by atoms with Crippen LogP contribution in [0.5, 0.6) is 17.2 Å². The van der Waals surface area contributed by atoms with Crippen molar-refractivity contribution in [3.05, 3.63) is 165 Å². The number of amides is 1. The van der Waals surface area contributed by atoms with Crippen molar-refractivity contribution >= 4 is 39.8 Å². The number of carbonyl (C=O) groups excluding carboxylic acids is 1. The van der Waals surface area contributed by atoms with Gasteiger partial charge in [-0.2, -0.15) is 0 Å². The van der Waals surface area contributed by atoms with Crippen molar-refractivity contribution in [3.8, 4) is 22.2 Å². The van der Waals surface area contributed by atoms with Gasteiger partial charge in [-0.15, -0.1) is 21.5 Å². The molecule has 3 aromatic heterocycles. The van der Waals surface area contributed by atoms with E-state index < -0.39 is 29.1 Å². The first-order chi connectivity index (χ1) is 33.3. The molecule has 1 N–H and O–H groups in total. The lowest BCUT2D eigenvalue weighted by molar-refractivity contribution is -0.136. The van der Waals surface area contributed by atoms with Gasteiger partial charge in [0.1, 0.15) is 63.9 Å². The highest BCUT2D eigenvalue weighted by Gasteiger charge is 2.43. The predicted molar refractivity (Wildman–Crippen MR) is 256 cm³/mol. The molecule has 11 rings (SSSR count). The maximum atomic E-state index is 15.3. The predicted octanol–water partition coefficient (Wildman–Crippen LogP) is 10.5. The highest BCUT2D eigenvalue weighted by Crippen LogP contribution is 2.49. The molecule has 1 unspecified atom stereocenters. The van der Waals surface area contributed by atoms with Gasteiger partial charge >= 0.3 is 0 Å². The number of phenolic OH excluding ortho intramolecular Hbond substituents is 1. The molecule has 1 amide bonds. The summed E-state index contributed by atoms with van der Waals surface area (Å²) < 4.78 is 64.8. The molecule has 352 valence electrons. The van der Waals surface area contributed by atoms with E-state index >= 15 is 8.78 Å². The van der Waals surface area contributed by atoms with E-state index in [1.807, 2.05) is 11.8 Å². The number of likely N-dealkylation sites (tertiary alicyclic amines) is 1. The molecule has 0 saturated carbocycles. The Labute approximate surface area is 400 Å². The molecule has 2 fully saturated rings. The summed E-state index contributed by atoms with van der Waals surface area (Å²) in [6.07, 6.45) is 5.57. The van der Waals surface area contributed by atoms with Crippen LogP contribution < -0.4 is 14.4 Å². The number of ether oxygens (including phenoxy) is 2. The number of rotatable bonds is 9. The number of aryl methyl sites for hydroxylation is 2. The van der Waals surface area contributed by atoms with Crippen molar-refractivity contribution in [3.63, 3.8) is 0 Å². The molecule has 69 heavy (non-hydrogen) atoms. The standard InChI is InChI=1S/C53H48F3N7O5S/c1-29-31(3)69-52-47(29)49(58-42(25-44-57-18-21-66-44)51-60-59-32(4)63(51)52)33-6-10-36(11-7-33)61-20-17-53(27-61)16-5-19-62(28-53)45(65)26-67-38-13-8-34(9-14-38)50-46(48-40(55)22-35(54)23-41(48)56)30(2)39-24-37(64)12-15-43(39)68-50/h6-15,18,21-24,42,50,64H,5,16-17,19-20,25-28H2,1-4H3/t42-,50-,53?/m0/s1. The third kappa shape index (κ3) is 8.03. The van der Waals surface area contributed by atoms with Crippen molar-refractivity contribution in [1.82, 2.24) is 24.6 Å². The number of halogens is 3. The summed E-state index contributed by atoms with van der Waals surface area (Å²) in [5.41, 5.74) is 6.48. The summed E-state index contributed by atoms with van der Waals surface area (Å²) >= 11 is 1.72. The van der Waals surface area contributed by atoms with E-state index in [4.69, 9.17) is 18.9 Å². The topological polar surface area (TPSA) is 131 Å². The fourth-order valence-corrected chi connectivity index (χ4v) is 11.8. The van der Waals surface area contributed by atoms with Gasteiger partial charge in [-0.05, 0) is 106 Å². The Balaban J connectivity index is 0.766. The zero-order valence-electron chi connectivity index (χ0n) is 38.4. The number of aromatic hydroxyl groups is 1. The quantitative estimate of drug-likeness (QED) is 0.150. The number of carbonyl (C=O) groups is 1. The van der Waals surface area contributed by atoms with Crippen LogP contribution >= 0.6 is 11.3 Å². The van der Waals surface area contributed by atoms with Crippen LogP contribution in [0.3, 0.4) is 0 Å². The van der Waals surface area contributed by atoms with Crippen LogP contribution in [-0.2, 0) is 11.2 Å². The van der Waals surface area contributed by atoms with Gasteiger partial charge in [0.2, 0.25) is 0 Å². The third-order valence-electron chi connectivity index (χ3n) is 14.1. The van der Waals surface area contributed by atoms with E-state index in [-0.39, 0.29) is 35.3 Å². The smallest absolute Gasteiger partial charge is 0.260 e. The Kier molecular flexibility index (Phi) is 11.2. The number of thiophene rings is 1. The summed E-state index contributed by atoms with van der Waals surface area (Å²) in [5.74, 6) is -0.322. The van der Waals surface area contributed by atoms with Gasteiger partial charge in [0, 0.05) is 76.6 Å². The minimum Gasteiger partial charge on any atom is -0.508 e. The summed E-state index contributed by atoms with van der Waals surface area (Å²) in [4.78, 5) is 29.1. The van der Waals surface area contributed by atoms with E-state index in [1.54, 1.807) is 61.1 Å². The number of hydrogen-bond donors (Lipinski definition) is 1. The van der Waals surface area contributed by atoms with Crippen LogP contribution in [0.1, 0.15) is 94.1 Å². The van der Waals surface area contributed by atoms with E-state index in [1.165, 1.54) is 22.6 Å². The zero-order valence-corrected chi connectivity index (χ0v) is 39.2. The highest BCUT2D eigenvalue weighted by molar-refractivity contribution is 7.15. The second-order valence-electron chi connectivity index (χ2n) is 18.5. The average Bonchev–Trinajstić information content (AvgIpc) is 4.14. The van der Waals surface area contributed by atoms with Gasteiger partial charge in [0.25, 0.3) is 5.91 Å². The van der Waals surface area contributed by atoms with Crippen molar-refractivity contribution in [2.75, 3.05) is 37.7 Å². The molecular formula is C53H48F3N7O5S. The summed E-state index contributed by atoms with van der Waals surface area (Å²) in [7, 11) is 0. The Morgan fingerprint density at radius 2 is 1.70 bits per heavy atom. The first-order valence-electron chi connectivity index (χ1n) is 23.0. The SMILES string of the molecule is CC1=C(c2c(F)cc(F)cc2F)[C@H](c2ccc(OCC(=O)N3CCCC4(CCN(c5ccc(C6=N[C@@H](Cc7ncco7)c7nnc(C)n7-c7sc(C)c(C)c76)cc5)C4)C3)cc2)Oc2ccc(O)cc21. The third-order valence-corrected chi connectivity index (χ3v) is 15.3.